The van der Waals surface area contributed by atoms with E-state index in [4.69, 9.17) is 10.5 Å². The number of fused-ring (bicyclic) bond motifs is 1. The van der Waals surface area contributed by atoms with Crippen LogP contribution in [-0.2, 0) is 27.8 Å². The second-order valence-electron chi connectivity index (χ2n) is 8.16. The van der Waals surface area contributed by atoms with Crippen molar-refractivity contribution in [2.45, 2.75) is 42.6 Å². The fraction of sp³-hybridized carbons (Fsp3) is 0.318. The number of hydrogen-bond acceptors (Lipinski definition) is 6. The molecule has 0 amide bonds. The summed E-state index contributed by atoms with van der Waals surface area (Å²) in [4.78, 5) is 2.26. The standard InChI is InChI=1S/C22H22F2N4O3S/c23-15-6-7-19(24)18(8-15)22-20(25)9-16(13-31-22)27-11-14-10-26-28(21(14)12-27)32(29,30)17-4-2-1-3-5-17/h1-8,10,16,20,22H,9,11-13,25H2/t16-,20+,22-/m1/s1. The molecule has 0 bridgehead atoms. The Kier molecular flexibility index (Phi) is 5.32. The van der Waals surface area contributed by atoms with E-state index in [9.17, 15) is 17.2 Å². The minimum atomic E-state index is -3.79. The zero-order chi connectivity index (χ0) is 22.5. The monoisotopic (exact) mass is 460 g/mol. The van der Waals surface area contributed by atoms with Crippen molar-refractivity contribution in [3.05, 3.63) is 83.2 Å². The molecule has 0 aliphatic carbocycles. The van der Waals surface area contributed by atoms with Crippen LogP contribution >= 0.6 is 0 Å². The maximum Gasteiger partial charge on any atom is 0.283 e. The number of hydrogen-bond donors (Lipinski definition) is 1. The largest absolute Gasteiger partial charge is 0.370 e. The first-order valence-electron chi connectivity index (χ1n) is 10.3. The molecule has 0 saturated carbocycles. The third-order valence-electron chi connectivity index (χ3n) is 6.10. The maximum atomic E-state index is 14.2. The lowest BCUT2D eigenvalue weighted by Gasteiger charge is -2.38. The van der Waals surface area contributed by atoms with Gasteiger partial charge in [0.15, 0.2) is 0 Å². The van der Waals surface area contributed by atoms with Gasteiger partial charge in [-0.15, -0.1) is 0 Å². The highest BCUT2D eigenvalue weighted by Crippen LogP contribution is 2.34. The summed E-state index contributed by atoms with van der Waals surface area (Å²) in [6.45, 7) is 1.16. The molecule has 3 atom stereocenters. The first-order valence-corrected chi connectivity index (χ1v) is 11.7. The molecule has 0 radical (unpaired) electrons. The number of nitrogens with zero attached hydrogens (tertiary/aromatic N) is 3. The van der Waals surface area contributed by atoms with Crippen LogP contribution in [0.1, 0.15) is 29.3 Å². The molecule has 5 rings (SSSR count). The highest BCUT2D eigenvalue weighted by Gasteiger charge is 2.38. The van der Waals surface area contributed by atoms with Crippen molar-refractivity contribution in [2.75, 3.05) is 6.61 Å². The lowest BCUT2D eigenvalue weighted by Crippen LogP contribution is -2.47. The average Bonchev–Trinajstić information content (AvgIpc) is 3.37. The van der Waals surface area contributed by atoms with Crippen molar-refractivity contribution in [1.29, 1.82) is 0 Å². The molecule has 168 valence electrons. The fourth-order valence-electron chi connectivity index (χ4n) is 4.46. The Morgan fingerprint density at radius 1 is 1.09 bits per heavy atom. The Morgan fingerprint density at radius 3 is 2.62 bits per heavy atom. The first kappa shape index (κ1) is 21.2. The minimum Gasteiger partial charge on any atom is -0.370 e. The van der Waals surface area contributed by atoms with Gasteiger partial charge < -0.3 is 10.5 Å². The number of rotatable bonds is 4. The van der Waals surface area contributed by atoms with Gasteiger partial charge in [0.05, 0.1) is 23.4 Å². The number of aromatic nitrogens is 2. The van der Waals surface area contributed by atoms with Gasteiger partial charge in [0.25, 0.3) is 10.0 Å². The molecule has 1 fully saturated rings. The lowest BCUT2D eigenvalue weighted by molar-refractivity contribution is -0.0533. The molecule has 10 heteroatoms. The molecule has 7 nitrogen and oxygen atoms in total. The van der Waals surface area contributed by atoms with Gasteiger partial charge in [-0.05, 0) is 36.8 Å². The van der Waals surface area contributed by atoms with E-state index in [-0.39, 0.29) is 23.1 Å². The summed E-state index contributed by atoms with van der Waals surface area (Å²) in [6, 6.07) is 10.8. The van der Waals surface area contributed by atoms with Gasteiger partial charge in [-0.2, -0.15) is 17.6 Å². The Morgan fingerprint density at radius 2 is 1.88 bits per heavy atom. The molecular formula is C22H22F2N4O3S. The second-order valence-corrected chi connectivity index (χ2v) is 9.92. The van der Waals surface area contributed by atoms with Crippen LogP contribution in [0.3, 0.4) is 0 Å². The molecule has 32 heavy (non-hydrogen) atoms. The smallest absolute Gasteiger partial charge is 0.283 e. The zero-order valence-corrected chi connectivity index (χ0v) is 17.9. The van der Waals surface area contributed by atoms with Crippen molar-refractivity contribution in [2.24, 2.45) is 5.73 Å². The maximum absolute atomic E-state index is 14.2. The van der Waals surface area contributed by atoms with E-state index in [0.717, 1.165) is 27.8 Å². The van der Waals surface area contributed by atoms with E-state index in [2.05, 4.69) is 10.00 Å². The van der Waals surface area contributed by atoms with Crippen molar-refractivity contribution in [1.82, 2.24) is 14.1 Å². The lowest BCUT2D eigenvalue weighted by atomic mass is 9.93. The molecule has 3 aromatic rings. The first-order chi connectivity index (χ1) is 15.3. The summed E-state index contributed by atoms with van der Waals surface area (Å²) >= 11 is 0. The SMILES string of the molecule is N[C@H]1C[C@@H](N2Cc3cnn(S(=O)(=O)c4ccccc4)c3C2)CO[C@@H]1c1cc(F)ccc1F. The number of ether oxygens (including phenoxy) is 1. The summed E-state index contributed by atoms with van der Waals surface area (Å²) in [5.74, 6) is -1.09. The zero-order valence-electron chi connectivity index (χ0n) is 17.1. The molecule has 1 saturated heterocycles. The fourth-order valence-corrected chi connectivity index (χ4v) is 5.80. The Hall–Kier alpha value is -2.66. The van der Waals surface area contributed by atoms with E-state index in [1.54, 1.807) is 24.4 Å². The Balaban J connectivity index is 1.32. The van der Waals surface area contributed by atoms with Gasteiger partial charge in [0.1, 0.15) is 17.7 Å². The van der Waals surface area contributed by atoms with E-state index < -0.39 is 33.8 Å². The van der Waals surface area contributed by atoms with Crippen molar-refractivity contribution >= 4 is 10.0 Å². The Labute approximate surface area is 184 Å². The van der Waals surface area contributed by atoms with Crippen molar-refractivity contribution in [3.8, 4) is 0 Å². The third-order valence-corrected chi connectivity index (χ3v) is 7.74. The number of nitrogens with two attached hydrogens (primary N) is 1. The summed E-state index contributed by atoms with van der Waals surface area (Å²) in [7, 11) is -3.79. The van der Waals surface area contributed by atoms with E-state index in [1.165, 1.54) is 12.1 Å². The predicted octanol–water partition coefficient (Wildman–Crippen LogP) is 2.57. The van der Waals surface area contributed by atoms with Crippen LogP contribution in [0, 0.1) is 11.6 Å². The van der Waals surface area contributed by atoms with E-state index in [1.807, 2.05) is 0 Å². The van der Waals surface area contributed by atoms with Crippen LogP contribution in [0.5, 0.6) is 0 Å². The van der Waals surface area contributed by atoms with Crippen LogP contribution < -0.4 is 5.73 Å². The minimum absolute atomic E-state index is 0.0850. The topological polar surface area (TPSA) is 90.5 Å². The van der Waals surface area contributed by atoms with Crippen LogP contribution in [0.15, 0.2) is 59.6 Å². The van der Waals surface area contributed by atoms with Gasteiger partial charge >= 0.3 is 0 Å². The van der Waals surface area contributed by atoms with Crippen molar-refractivity contribution < 1.29 is 21.9 Å². The molecule has 2 N–H and O–H groups in total. The summed E-state index contributed by atoms with van der Waals surface area (Å²) in [6.07, 6.45) is 1.34. The van der Waals surface area contributed by atoms with E-state index in [0.29, 0.717) is 25.2 Å². The highest BCUT2D eigenvalue weighted by atomic mass is 32.2. The molecule has 0 spiro atoms. The van der Waals surface area contributed by atoms with Crippen LogP contribution in [0.25, 0.3) is 0 Å². The summed E-state index contributed by atoms with van der Waals surface area (Å²) in [5.41, 5.74) is 7.85. The van der Waals surface area contributed by atoms with Gasteiger partial charge in [-0.1, -0.05) is 18.2 Å². The molecule has 0 unspecified atom stereocenters. The molecule has 2 aliphatic rings. The second kappa shape index (κ2) is 8.04. The Bertz CT molecular complexity index is 1250. The van der Waals surface area contributed by atoms with Gasteiger partial charge in [0, 0.05) is 36.3 Å². The average molecular weight is 461 g/mol. The van der Waals surface area contributed by atoms with Gasteiger partial charge in [0.2, 0.25) is 0 Å². The highest BCUT2D eigenvalue weighted by molar-refractivity contribution is 7.89. The molecule has 1 aromatic heterocycles. The van der Waals surface area contributed by atoms with Crippen LogP contribution in [0.4, 0.5) is 8.78 Å². The summed E-state index contributed by atoms with van der Waals surface area (Å²) in [5, 5.41) is 4.12. The predicted molar refractivity (Wildman–Crippen MR) is 112 cm³/mol. The number of benzene rings is 2. The molecule has 3 heterocycles. The van der Waals surface area contributed by atoms with Crippen LogP contribution in [0.2, 0.25) is 0 Å². The van der Waals surface area contributed by atoms with E-state index >= 15 is 0 Å². The molecule has 2 aromatic carbocycles. The normalized spacial score (nSPS) is 23.9. The van der Waals surface area contributed by atoms with Gasteiger partial charge in [-0.25, -0.2) is 8.78 Å². The molecule has 2 aliphatic heterocycles. The van der Waals surface area contributed by atoms with Crippen molar-refractivity contribution in [3.63, 3.8) is 0 Å². The molecular weight excluding hydrogens is 438 g/mol. The third kappa shape index (κ3) is 3.62. The van der Waals surface area contributed by atoms with Crippen LogP contribution in [-0.4, -0.2) is 41.2 Å². The number of halogens is 2. The quantitative estimate of drug-likeness (QED) is 0.644. The summed E-state index contributed by atoms with van der Waals surface area (Å²) < 4.78 is 60.8. The van der Waals surface area contributed by atoms with Gasteiger partial charge in [-0.3, -0.25) is 4.90 Å².